The van der Waals surface area contributed by atoms with Crippen molar-refractivity contribution >= 4 is 0 Å². The second kappa shape index (κ2) is 5.14. The smallest absolute Gasteiger partial charge is 0.123 e. The van der Waals surface area contributed by atoms with Crippen LogP contribution in [0.4, 0.5) is 4.39 Å². The van der Waals surface area contributed by atoms with E-state index in [4.69, 9.17) is 5.73 Å². The van der Waals surface area contributed by atoms with Gasteiger partial charge in [0.25, 0.3) is 0 Å². The van der Waals surface area contributed by atoms with Crippen LogP contribution in [0.5, 0.6) is 0 Å². The standard InChI is InChI=1S/C17H20FN/c1-12(2)13-4-6-14(7-5-13)17(3,19)15-8-10-16(18)11-9-15/h4-12H,19H2,1-3H3. The minimum Gasteiger partial charge on any atom is -0.318 e. The van der Waals surface area contributed by atoms with Crippen molar-refractivity contribution in [3.05, 3.63) is 71.0 Å². The van der Waals surface area contributed by atoms with Gasteiger partial charge in [0.2, 0.25) is 0 Å². The summed E-state index contributed by atoms with van der Waals surface area (Å²) >= 11 is 0. The number of hydrogen-bond acceptors (Lipinski definition) is 1. The lowest BCUT2D eigenvalue weighted by Crippen LogP contribution is -2.34. The Balaban J connectivity index is 2.35. The number of nitrogens with two attached hydrogens (primary N) is 1. The summed E-state index contributed by atoms with van der Waals surface area (Å²) in [7, 11) is 0. The van der Waals surface area contributed by atoms with Crippen LogP contribution in [0, 0.1) is 5.82 Å². The highest BCUT2D eigenvalue weighted by atomic mass is 19.1. The van der Waals surface area contributed by atoms with Crippen LogP contribution >= 0.6 is 0 Å². The van der Waals surface area contributed by atoms with Crippen LogP contribution in [-0.4, -0.2) is 0 Å². The van der Waals surface area contributed by atoms with Gasteiger partial charge in [-0.1, -0.05) is 50.2 Å². The monoisotopic (exact) mass is 257 g/mol. The molecule has 1 nitrogen and oxygen atoms in total. The van der Waals surface area contributed by atoms with Crippen molar-refractivity contribution in [1.82, 2.24) is 0 Å². The average Bonchev–Trinajstić information content (AvgIpc) is 2.39. The van der Waals surface area contributed by atoms with Gasteiger partial charge in [0, 0.05) is 0 Å². The number of hydrogen-bond donors (Lipinski definition) is 1. The highest BCUT2D eigenvalue weighted by molar-refractivity contribution is 5.38. The second-order valence-corrected chi connectivity index (χ2v) is 5.49. The van der Waals surface area contributed by atoms with Crippen molar-refractivity contribution in [2.75, 3.05) is 0 Å². The Morgan fingerprint density at radius 3 is 1.74 bits per heavy atom. The Labute approximate surface area is 114 Å². The molecule has 2 heteroatoms. The molecule has 2 rings (SSSR count). The van der Waals surface area contributed by atoms with Gasteiger partial charge in [0.1, 0.15) is 5.82 Å². The zero-order valence-electron chi connectivity index (χ0n) is 11.7. The molecule has 2 aromatic rings. The normalized spacial score (nSPS) is 14.4. The summed E-state index contributed by atoms with van der Waals surface area (Å²) in [5.74, 6) is 0.263. The molecule has 0 radical (unpaired) electrons. The van der Waals surface area contributed by atoms with E-state index >= 15 is 0 Å². The van der Waals surface area contributed by atoms with Crippen LogP contribution in [-0.2, 0) is 5.54 Å². The van der Waals surface area contributed by atoms with Gasteiger partial charge < -0.3 is 5.73 Å². The van der Waals surface area contributed by atoms with Gasteiger partial charge >= 0.3 is 0 Å². The average molecular weight is 257 g/mol. The van der Waals surface area contributed by atoms with Gasteiger partial charge in [-0.3, -0.25) is 0 Å². The first kappa shape index (κ1) is 13.8. The van der Waals surface area contributed by atoms with E-state index in [0.717, 1.165) is 11.1 Å². The van der Waals surface area contributed by atoms with E-state index in [1.807, 2.05) is 6.92 Å². The molecule has 0 bridgehead atoms. The van der Waals surface area contributed by atoms with Gasteiger partial charge in [-0.15, -0.1) is 0 Å². The highest BCUT2D eigenvalue weighted by Crippen LogP contribution is 2.27. The maximum absolute atomic E-state index is 13.0. The highest BCUT2D eigenvalue weighted by Gasteiger charge is 2.23. The molecule has 1 unspecified atom stereocenters. The summed E-state index contributed by atoms with van der Waals surface area (Å²) < 4.78 is 13.0. The molecule has 100 valence electrons. The molecule has 0 spiro atoms. The first-order valence-corrected chi connectivity index (χ1v) is 6.56. The molecule has 0 aliphatic carbocycles. The Morgan fingerprint density at radius 1 is 0.895 bits per heavy atom. The quantitative estimate of drug-likeness (QED) is 0.877. The van der Waals surface area contributed by atoms with E-state index in [-0.39, 0.29) is 5.82 Å². The number of rotatable bonds is 3. The third kappa shape index (κ3) is 2.85. The fourth-order valence-electron chi connectivity index (χ4n) is 2.18. The molecular formula is C17H20FN. The van der Waals surface area contributed by atoms with Crippen molar-refractivity contribution in [1.29, 1.82) is 0 Å². The Hall–Kier alpha value is -1.67. The van der Waals surface area contributed by atoms with E-state index in [2.05, 4.69) is 38.1 Å². The van der Waals surface area contributed by atoms with Crippen LogP contribution < -0.4 is 5.73 Å². The van der Waals surface area contributed by atoms with Gasteiger partial charge in [-0.25, -0.2) is 4.39 Å². The van der Waals surface area contributed by atoms with Gasteiger partial charge in [0.15, 0.2) is 0 Å². The van der Waals surface area contributed by atoms with Gasteiger partial charge in [-0.05, 0) is 41.7 Å². The third-order valence-corrected chi connectivity index (χ3v) is 3.62. The fourth-order valence-corrected chi connectivity index (χ4v) is 2.18. The third-order valence-electron chi connectivity index (χ3n) is 3.62. The molecule has 0 saturated heterocycles. The Morgan fingerprint density at radius 2 is 1.32 bits per heavy atom. The minimum absolute atomic E-state index is 0.241. The van der Waals surface area contributed by atoms with Gasteiger partial charge in [-0.2, -0.15) is 0 Å². The molecule has 0 heterocycles. The zero-order chi connectivity index (χ0) is 14.0. The lowest BCUT2D eigenvalue weighted by molar-refractivity contribution is 0.593. The van der Waals surface area contributed by atoms with E-state index in [1.165, 1.54) is 17.7 Å². The van der Waals surface area contributed by atoms with E-state index < -0.39 is 5.54 Å². The van der Waals surface area contributed by atoms with Crippen molar-refractivity contribution < 1.29 is 4.39 Å². The Bertz CT molecular complexity index is 538. The lowest BCUT2D eigenvalue weighted by atomic mass is 9.85. The van der Waals surface area contributed by atoms with Crippen LogP contribution in [0.1, 0.15) is 43.4 Å². The van der Waals surface area contributed by atoms with Crippen LogP contribution in [0.3, 0.4) is 0 Å². The second-order valence-electron chi connectivity index (χ2n) is 5.49. The topological polar surface area (TPSA) is 26.0 Å². The number of halogens is 1. The molecule has 1 atom stereocenters. The predicted octanol–water partition coefficient (Wildman–Crippen LogP) is 4.17. The molecule has 0 fully saturated rings. The summed E-state index contributed by atoms with van der Waals surface area (Å²) in [5, 5.41) is 0. The van der Waals surface area contributed by atoms with E-state index in [9.17, 15) is 4.39 Å². The molecule has 2 N–H and O–H groups in total. The fraction of sp³-hybridized carbons (Fsp3) is 0.294. The van der Waals surface area contributed by atoms with Crippen molar-refractivity contribution in [3.8, 4) is 0 Å². The molecule has 0 amide bonds. The zero-order valence-corrected chi connectivity index (χ0v) is 11.7. The van der Waals surface area contributed by atoms with Crippen molar-refractivity contribution in [3.63, 3.8) is 0 Å². The van der Waals surface area contributed by atoms with Crippen LogP contribution in [0.2, 0.25) is 0 Å². The summed E-state index contributed by atoms with van der Waals surface area (Å²) in [5.41, 5.74) is 9.04. The molecule has 0 aromatic heterocycles. The molecule has 0 aliphatic heterocycles. The largest absolute Gasteiger partial charge is 0.318 e. The molecule has 0 saturated carbocycles. The van der Waals surface area contributed by atoms with Crippen LogP contribution in [0.25, 0.3) is 0 Å². The Kier molecular flexibility index (Phi) is 3.72. The summed E-state index contributed by atoms with van der Waals surface area (Å²) in [4.78, 5) is 0. The first-order valence-electron chi connectivity index (χ1n) is 6.56. The van der Waals surface area contributed by atoms with Gasteiger partial charge in [0.05, 0.1) is 5.54 Å². The van der Waals surface area contributed by atoms with Crippen LogP contribution in [0.15, 0.2) is 48.5 Å². The minimum atomic E-state index is -0.608. The summed E-state index contributed by atoms with van der Waals surface area (Å²) in [6.07, 6.45) is 0. The SMILES string of the molecule is CC(C)c1ccc(C(C)(N)c2ccc(F)cc2)cc1. The maximum Gasteiger partial charge on any atom is 0.123 e. The first-order chi connectivity index (χ1) is 8.91. The van der Waals surface area contributed by atoms with E-state index in [0.29, 0.717) is 5.92 Å². The van der Waals surface area contributed by atoms with Crippen molar-refractivity contribution in [2.45, 2.75) is 32.2 Å². The van der Waals surface area contributed by atoms with E-state index in [1.54, 1.807) is 12.1 Å². The lowest BCUT2D eigenvalue weighted by Gasteiger charge is -2.26. The predicted molar refractivity (Wildman–Crippen MR) is 77.6 cm³/mol. The molecule has 19 heavy (non-hydrogen) atoms. The maximum atomic E-state index is 13.0. The van der Waals surface area contributed by atoms with Crippen molar-refractivity contribution in [2.24, 2.45) is 5.73 Å². The molecular weight excluding hydrogens is 237 g/mol. The number of benzene rings is 2. The summed E-state index contributed by atoms with van der Waals surface area (Å²) in [6.45, 7) is 6.28. The summed E-state index contributed by atoms with van der Waals surface area (Å²) in [6, 6.07) is 14.7. The molecule has 2 aromatic carbocycles. The molecule has 0 aliphatic rings.